The molecule has 0 aromatic rings. The Balaban J connectivity index is 0.00000161. The minimum absolute atomic E-state index is 0. The van der Waals surface area contributed by atoms with Crippen LogP contribution in [-0.2, 0) is 9.53 Å². The number of hydrogen-bond acceptors (Lipinski definition) is 3. The standard InChI is InChI=1S/C16H28N2O2.ClH/c1-18(8-9-20-11-12-6-7-12)16(19)15-10-13-4-2-3-5-14(13)17-15;/h12-15,17H,2-11H2,1H3;1H. The Bertz CT molecular complexity index is 335. The maximum Gasteiger partial charge on any atom is 0.239 e. The van der Waals surface area contributed by atoms with E-state index >= 15 is 0 Å². The molecule has 5 heteroatoms. The fourth-order valence-corrected chi connectivity index (χ4v) is 3.62. The number of halogens is 1. The van der Waals surface area contributed by atoms with Crippen LogP contribution >= 0.6 is 12.4 Å². The highest BCUT2D eigenvalue weighted by atomic mass is 35.5. The molecule has 1 amide bonds. The summed E-state index contributed by atoms with van der Waals surface area (Å²) in [4.78, 5) is 14.3. The molecule has 3 aliphatic rings. The van der Waals surface area contributed by atoms with E-state index in [0.717, 1.165) is 31.4 Å². The zero-order valence-electron chi connectivity index (χ0n) is 13.1. The van der Waals surface area contributed by atoms with Crippen LogP contribution in [0.2, 0.25) is 0 Å². The minimum atomic E-state index is 0. The van der Waals surface area contributed by atoms with Crippen LogP contribution in [0.5, 0.6) is 0 Å². The third-order valence-electron chi connectivity index (χ3n) is 5.16. The van der Waals surface area contributed by atoms with Crippen molar-refractivity contribution in [3.8, 4) is 0 Å². The van der Waals surface area contributed by atoms with Gasteiger partial charge in [-0.15, -0.1) is 12.4 Å². The molecule has 3 unspecified atom stereocenters. The van der Waals surface area contributed by atoms with Crippen molar-refractivity contribution in [1.29, 1.82) is 0 Å². The summed E-state index contributed by atoms with van der Waals surface area (Å²) in [7, 11) is 1.91. The van der Waals surface area contributed by atoms with Gasteiger partial charge in [-0.05, 0) is 43.9 Å². The number of fused-ring (bicyclic) bond motifs is 1. The van der Waals surface area contributed by atoms with Crippen molar-refractivity contribution < 1.29 is 9.53 Å². The van der Waals surface area contributed by atoms with Crippen LogP contribution in [0.1, 0.15) is 44.9 Å². The lowest BCUT2D eigenvalue weighted by atomic mass is 9.85. The summed E-state index contributed by atoms with van der Waals surface area (Å²) < 4.78 is 5.62. The first-order valence-corrected chi connectivity index (χ1v) is 8.33. The third-order valence-corrected chi connectivity index (χ3v) is 5.16. The molecule has 1 heterocycles. The van der Waals surface area contributed by atoms with Crippen LogP contribution in [-0.4, -0.2) is 49.7 Å². The molecular formula is C16H29ClN2O2. The minimum Gasteiger partial charge on any atom is -0.379 e. The molecule has 2 saturated carbocycles. The van der Waals surface area contributed by atoms with Crippen molar-refractivity contribution in [3.63, 3.8) is 0 Å². The average molecular weight is 317 g/mol. The van der Waals surface area contributed by atoms with E-state index in [1.807, 2.05) is 11.9 Å². The van der Waals surface area contributed by atoms with E-state index in [1.165, 1.54) is 38.5 Å². The second-order valence-corrected chi connectivity index (χ2v) is 6.88. The van der Waals surface area contributed by atoms with Crippen molar-refractivity contribution in [2.24, 2.45) is 11.8 Å². The molecule has 0 radical (unpaired) electrons. The summed E-state index contributed by atoms with van der Waals surface area (Å²) in [6, 6.07) is 0.647. The van der Waals surface area contributed by atoms with E-state index in [-0.39, 0.29) is 24.4 Å². The Morgan fingerprint density at radius 1 is 1.24 bits per heavy atom. The second-order valence-electron chi connectivity index (χ2n) is 6.88. The summed E-state index contributed by atoms with van der Waals surface area (Å²) in [6.45, 7) is 2.28. The molecule has 0 bridgehead atoms. The number of carbonyl (C=O) groups is 1. The van der Waals surface area contributed by atoms with Crippen molar-refractivity contribution in [2.45, 2.75) is 57.0 Å². The van der Waals surface area contributed by atoms with Crippen molar-refractivity contribution in [1.82, 2.24) is 10.2 Å². The summed E-state index contributed by atoms with van der Waals surface area (Å²) >= 11 is 0. The van der Waals surface area contributed by atoms with Gasteiger partial charge in [0.25, 0.3) is 0 Å². The number of hydrogen-bond donors (Lipinski definition) is 1. The summed E-state index contributed by atoms with van der Waals surface area (Å²) in [5.74, 6) is 1.79. The molecule has 1 N–H and O–H groups in total. The zero-order chi connectivity index (χ0) is 13.9. The van der Waals surface area contributed by atoms with E-state index in [0.29, 0.717) is 12.6 Å². The first-order valence-electron chi connectivity index (χ1n) is 8.33. The predicted molar refractivity (Wildman–Crippen MR) is 85.7 cm³/mol. The van der Waals surface area contributed by atoms with Gasteiger partial charge in [0.05, 0.1) is 12.6 Å². The molecular weight excluding hydrogens is 288 g/mol. The molecule has 1 aliphatic heterocycles. The van der Waals surface area contributed by atoms with Crippen LogP contribution in [0.15, 0.2) is 0 Å². The summed E-state index contributed by atoms with van der Waals surface area (Å²) in [5.41, 5.74) is 0. The third kappa shape index (κ3) is 4.57. The van der Waals surface area contributed by atoms with Crippen LogP contribution in [0.3, 0.4) is 0 Å². The number of likely N-dealkylation sites (N-methyl/N-ethyl adjacent to an activating group) is 1. The van der Waals surface area contributed by atoms with Gasteiger partial charge in [-0.2, -0.15) is 0 Å². The van der Waals surface area contributed by atoms with Crippen molar-refractivity contribution in [2.75, 3.05) is 26.8 Å². The maximum absolute atomic E-state index is 12.4. The van der Waals surface area contributed by atoms with Crippen LogP contribution in [0, 0.1) is 11.8 Å². The molecule has 1 saturated heterocycles. The lowest BCUT2D eigenvalue weighted by molar-refractivity contribution is -0.132. The molecule has 3 rings (SSSR count). The predicted octanol–water partition coefficient (Wildman–Crippen LogP) is 2.21. The van der Waals surface area contributed by atoms with E-state index in [4.69, 9.17) is 4.74 Å². The smallest absolute Gasteiger partial charge is 0.239 e. The van der Waals surface area contributed by atoms with Gasteiger partial charge in [0, 0.05) is 26.2 Å². The molecule has 3 atom stereocenters. The highest BCUT2D eigenvalue weighted by molar-refractivity contribution is 5.85. The molecule has 21 heavy (non-hydrogen) atoms. The first-order chi connectivity index (χ1) is 9.74. The van der Waals surface area contributed by atoms with Gasteiger partial charge in [0.2, 0.25) is 5.91 Å². The summed E-state index contributed by atoms with van der Waals surface area (Å²) in [5, 5.41) is 3.56. The van der Waals surface area contributed by atoms with E-state index < -0.39 is 0 Å². The second kappa shape index (κ2) is 7.80. The van der Waals surface area contributed by atoms with Gasteiger partial charge in [-0.1, -0.05) is 12.8 Å². The lowest BCUT2D eigenvalue weighted by Gasteiger charge is -2.24. The van der Waals surface area contributed by atoms with Crippen LogP contribution < -0.4 is 5.32 Å². The number of amides is 1. The summed E-state index contributed by atoms with van der Waals surface area (Å²) in [6.07, 6.45) is 8.90. The number of ether oxygens (including phenoxy) is 1. The Morgan fingerprint density at radius 2 is 2.00 bits per heavy atom. The fourth-order valence-electron chi connectivity index (χ4n) is 3.62. The van der Waals surface area contributed by atoms with Gasteiger partial charge < -0.3 is 15.0 Å². The molecule has 4 nitrogen and oxygen atoms in total. The van der Waals surface area contributed by atoms with Gasteiger partial charge in [0.1, 0.15) is 0 Å². The molecule has 2 aliphatic carbocycles. The lowest BCUT2D eigenvalue weighted by Crippen LogP contribution is -2.44. The van der Waals surface area contributed by atoms with E-state index in [1.54, 1.807) is 0 Å². The van der Waals surface area contributed by atoms with E-state index in [2.05, 4.69) is 5.32 Å². The Morgan fingerprint density at radius 3 is 2.71 bits per heavy atom. The fraction of sp³-hybridized carbons (Fsp3) is 0.938. The molecule has 3 fully saturated rings. The van der Waals surface area contributed by atoms with Crippen molar-refractivity contribution in [3.05, 3.63) is 0 Å². The Hall–Kier alpha value is -0.320. The van der Waals surface area contributed by atoms with Gasteiger partial charge in [-0.25, -0.2) is 0 Å². The average Bonchev–Trinajstić information content (AvgIpc) is 3.18. The van der Waals surface area contributed by atoms with Crippen LogP contribution in [0.25, 0.3) is 0 Å². The van der Waals surface area contributed by atoms with Gasteiger partial charge in [-0.3, -0.25) is 4.79 Å². The number of nitrogens with one attached hydrogen (secondary N) is 1. The molecule has 122 valence electrons. The van der Waals surface area contributed by atoms with Crippen molar-refractivity contribution >= 4 is 18.3 Å². The molecule has 0 spiro atoms. The highest BCUT2D eigenvalue weighted by Gasteiger charge is 2.39. The topological polar surface area (TPSA) is 41.6 Å². The largest absolute Gasteiger partial charge is 0.379 e. The van der Waals surface area contributed by atoms with Gasteiger partial charge in [0.15, 0.2) is 0 Å². The SMILES string of the molecule is CN(CCOCC1CC1)C(=O)C1CC2CCCCC2N1.Cl. The number of rotatable bonds is 6. The van der Waals surface area contributed by atoms with Crippen LogP contribution in [0.4, 0.5) is 0 Å². The highest BCUT2D eigenvalue weighted by Crippen LogP contribution is 2.33. The Kier molecular flexibility index (Phi) is 6.33. The molecule has 0 aromatic heterocycles. The normalized spacial score (nSPS) is 31.4. The first kappa shape index (κ1) is 17.0. The maximum atomic E-state index is 12.4. The Labute approximate surface area is 134 Å². The number of nitrogens with zero attached hydrogens (tertiary/aromatic N) is 1. The molecule has 0 aromatic carbocycles. The monoisotopic (exact) mass is 316 g/mol. The zero-order valence-corrected chi connectivity index (χ0v) is 13.9. The van der Waals surface area contributed by atoms with E-state index in [9.17, 15) is 4.79 Å². The number of carbonyl (C=O) groups excluding carboxylic acids is 1. The van der Waals surface area contributed by atoms with Gasteiger partial charge >= 0.3 is 0 Å². The quantitative estimate of drug-likeness (QED) is 0.764.